The Balaban J connectivity index is 3.02. The highest BCUT2D eigenvalue weighted by atomic mass is 14.3. The number of hydrogen-bond acceptors (Lipinski definition) is 0. The van der Waals surface area contributed by atoms with Crippen LogP contribution in [0.4, 0.5) is 0 Å². The van der Waals surface area contributed by atoms with E-state index in [9.17, 15) is 0 Å². The molecule has 1 rings (SSSR count). The van der Waals surface area contributed by atoms with Crippen LogP contribution in [0.15, 0.2) is 24.3 Å². The minimum Gasteiger partial charge on any atom is -0.0882 e. The highest BCUT2D eigenvalue weighted by Crippen LogP contribution is 2.36. The standard InChI is InChI=1S/C47H90/c1-4-7-10-13-15-25-28-32-37-42-46-43-38-33-29-26-23-21-19-17-16-18-20-22-24-27-30-34-39-44-47(46)45(40-35-12-9-6-3)41-36-31-14-11-8-5-2/h37,39,42,44-47H,4-36,38,40-41,43H2,1-3H3/b42-37-,44-39-. The van der Waals surface area contributed by atoms with Gasteiger partial charge in [-0.05, 0) is 62.7 Å². The topological polar surface area (TPSA) is 0 Å². The third-order valence-electron chi connectivity index (χ3n) is 11.5. The molecule has 0 N–H and O–H groups in total. The quantitative estimate of drug-likeness (QED) is 0.0805. The van der Waals surface area contributed by atoms with Crippen molar-refractivity contribution in [3.8, 4) is 0 Å². The Morgan fingerprint density at radius 2 is 0.872 bits per heavy atom. The van der Waals surface area contributed by atoms with Crippen LogP contribution < -0.4 is 0 Å². The summed E-state index contributed by atoms with van der Waals surface area (Å²) in [7, 11) is 0. The van der Waals surface area contributed by atoms with E-state index in [-0.39, 0.29) is 0 Å². The summed E-state index contributed by atoms with van der Waals surface area (Å²) in [4.78, 5) is 0. The predicted molar refractivity (Wildman–Crippen MR) is 217 cm³/mol. The first kappa shape index (κ1) is 44.5. The zero-order valence-corrected chi connectivity index (χ0v) is 33.2. The molecule has 0 aromatic rings. The zero-order valence-electron chi connectivity index (χ0n) is 33.2. The minimum absolute atomic E-state index is 0.751. The largest absolute Gasteiger partial charge is 0.0882 e. The average Bonchev–Trinajstić information content (AvgIpc) is 3.08. The van der Waals surface area contributed by atoms with E-state index in [0.717, 1.165) is 17.8 Å². The van der Waals surface area contributed by atoms with E-state index >= 15 is 0 Å². The second kappa shape index (κ2) is 36.8. The molecular formula is C47H90. The Kier molecular flexibility index (Phi) is 34.8. The van der Waals surface area contributed by atoms with Crippen LogP contribution in [0.2, 0.25) is 0 Å². The molecule has 0 radical (unpaired) electrons. The van der Waals surface area contributed by atoms with Crippen molar-refractivity contribution in [2.75, 3.05) is 0 Å². The van der Waals surface area contributed by atoms with Crippen LogP contribution in [0.25, 0.3) is 0 Å². The van der Waals surface area contributed by atoms with Crippen LogP contribution >= 0.6 is 0 Å². The third-order valence-corrected chi connectivity index (χ3v) is 11.5. The van der Waals surface area contributed by atoms with Gasteiger partial charge in [0.25, 0.3) is 0 Å². The predicted octanol–water partition coefficient (Wildman–Crippen LogP) is 17.5. The van der Waals surface area contributed by atoms with Gasteiger partial charge in [0.15, 0.2) is 0 Å². The molecule has 0 aromatic heterocycles. The molecule has 0 heteroatoms. The summed E-state index contributed by atoms with van der Waals surface area (Å²) in [6, 6.07) is 0. The molecular weight excluding hydrogens is 565 g/mol. The second-order valence-corrected chi connectivity index (χ2v) is 16.1. The van der Waals surface area contributed by atoms with Crippen molar-refractivity contribution >= 4 is 0 Å². The van der Waals surface area contributed by atoms with Gasteiger partial charge in [0.05, 0.1) is 0 Å². The Labute approximate surface area is 299 Å². The van der Waals surface area contributed by atoms with Crippen LogP contribution in [0, 0.1) is 17.8 Å². The molecule has 1 aliphatic rings. The monoisotopic (exact) mass is 655 g/mol. The van der Waals surface area contributed by atoms with E-state index in [1.165, 1.54) is 238 Å². The first-order chi connectivity index (χ1) is 23.3. The molecule has 3 unspecified atom stereocenters. The summed E-state index contributed by atoms with van der Waals surface area (Å²) in [5.41, 5.74) is 0. The Morgan fingerprint density at radius 1 is 0.468 bits per heavy atom. The summed E-state index contributed by atoms with van der Waals surface area (Å²) >= 11 is 0. The summed E-state index contributed by atoms with van der Waals surface area (Å²) < 4.78 is 0. The van der Waals surface area contributed by atoms with Gasteiger partial charge in [-0.2, -0.15) is 0 Å². The van der Waals surface area contributed by atoms with E-state index in [1.807, 2.05) is 0 Å². The van der Waals surface area contributed by atoms with Gasteiger partial charge in [0.1, 0.15) is 0 Å². The molecule has 0 aliphatic heterocycles. The highest BCUT2D eigenvalue weighted by molar-refractivity contribution is 5.02. The lowest BCUT2D eigenvalue weighted by atomic mass is 9.74. The molecule has 0 aromatic carbocycles. The van der Waals surface area contributed by atoms with Crippen molar-refractivity contribution in [1.29, 1.82) is 0 Å². The smallest absolute Gasteiger partial charge is 0.0142 e. The van der Waals surface area contributed by atoms with Crippen LogP contribution in [-0.2, 0) is 0 Å². The first-order valence-electron chi connectivity index (χ1n) is 22.7. The Hall–Kier alpha value is -0.520. The summed E-state index contributed by atoms with van der Waals surface area (Å²) in [5, 5.41) is 0. The maximum atomic E-state index is 2.80. The lowest BCUT2D eigenvalue weighted by Gasteiger charge is -2.31. The van der Waals surface area contributed by atoms with E-state index in [1.54, 1.807) is 0 Å². The fourth-order valence-electron chi connectivity index (χ4n) is 8.30. The normalized spacial score (nSPS) is 21.8. The Morgan fingerprint density at radius 3 is 1.38 bits per heavy atom. The number of hydrogen-bond donors (Lipinski definition) is 0. The first-order valence-corrected chi connectivity index (χ1v) is 22.7. The van der Waals surface area contributed by atoms with Crippen molar-refractivity contribution < 1.29 is 0 Å². The maximum Gasteiger partial charge on any atom is -0.0142 e. The van der Waals surface area contributed by atoms with Gasteiger partial charge in [0, 0.05) is 0 Å². The lowest BCUT2D eigenvalue weighted by molar-refractivity contribution is 0.257. The fraction of sp³-hybridized carbons (Fsp3) is 0.915. The highest BCUT2D eigenvalue weighted by Gasteiger charge is 2.25. The van der Waals surface area contributed by atoms with Crippen LogP contribution in [0.1, 0.15) is 258 Å². The molecule has 0 spiro atoms. The Bertz CT molecular complexity index is 642. The zero-order chi connectivity index (χ0) is 33.7. The van der Waals surface area contributed by atoms with Crippen LogP contribution in [0.3, 0.4) is 0 Å². The fourth-order valence-corrected chi connectivity index (χ4v) is 8.30. The SMILES string of the molecule is CCCCCCCCC/C=C\C1CCCCCCCCCCCCCCCCC/C=C\C1C(CCCCCC)CCCCCCCC. The number of unbranched alkanes of at least 4 members (excludes halogenated alkanes) is 15. The molecule has 278 valence electrons. The molecule has 0 fully saturated rings. The lowest BCUT2D eigenvalue weighted by Crippen LogP contribution is -2.22. The van der Waals surface area contributed by atoms with Gasteiger partial charge in [-0.25, -0.2) is 0 Å². The van der Waals surface area contributed by atoms with E-state index in [2.05, 4.69) is 45.1 Å². The van der Waals surface area contributed by atoms with E-state index < -0.39 is 0 Å². The van der Waals surface area contributed by atoms with Crippen molar-refractivity contribution in [3.05, 3.63) is 24.3 Å². The van der Waals surface area contributed by atoms with E-state index in [4.69, 9.17) is 0 Å². The molecule has 0 heterocycles. The average molecular weight is 655 g/mol. The summed E-state index contributed by atoms with van der Waals surface area (Å²) in [6.07, 6.45) is 64.1. The van der Waals surface area contributed by atoms with Gasteiger partial charge in [-0.1, -0.05) is 238 Å². The minimum atomic E-state index is 0.751. The molecule has 0 saturated heterocycles. The summed E-state index contributed by atoms with van der Waals surface area (Å²) in [5.74, 6) is 2.39. The molecule has 0 saturated carbocycles. The van der Waals surface area contributed by atoms with Crippen LogP contribution in [0.5, 0.6) is 0 Å². The van der Waals surface area contributed by atoms with Gasteiger partial charge >= 0.3 is 0 Å². The van der Waals surface area contributed by atoms with E-state index in [0.29, 0.717) is 0 Å². The number of allylic oxidation sites excluding steroid dienone is 4. The third kappa shape index (κ3) is 29.0. The van der Waals surface area contributed by atoms with Gasteiger partial charge in [-0.15, -0.1) is 0 Å². The second-order valence-electron chi connectivity index (χ2n) is 16.1. The van der Waals surface area contributed by atoms with Crippen molar-refractivity contribution in [3.63, 3.8) is 0 Å². The van der Waals surface area contributed by atoms with Gasteiger partial charge < -0.3 is 0 Å². The summed E-state index contributed by atoms with van der Waals surface area (Å²) in [6.45, 7) is 7.05. The molecule has 0 amide bonds. The van der Waals surface area contributed by atoms with Crippen molar-refractivity contribution in [1.82, 2.24) is 0 Å². The van der Waals surface area contributed by atoms with Crippen molar-refractivity contribution in [2.24, 2.45) is 17.8 Å². The van der Waals surface area contributed by atoms with Crippen molar-refractivity contribution in [2.45, 2.75) is 258 Å². The molecule has 0 bridgehead atoms. The van der Waals surface area contributed by atoms with Gasteiger partial charge in [0.2, 0.25) is 0 Å². The van der Waals surface area contributed by atoms with Crippen LogP contribution in [-0.4, -0.2) is 0 Å². The number of rotatable bonds is 22. The molecule has 0 nitrogen and oxygen atoms in total. The molecule has 1 aliphatic carbocycles. The molecule has 3 atom stereocenters. The maximum absolute atomic E-state index is 2.80. The molecule has 47 heavy (non-hydrogen) atoms. The van der Waals surface area contributed by atoms with Gasteiger partial charge in [-0.3, -0.25) is 0 Å².